The normalized spacial score (nSPS) is 14.3. The number of hydrogen-bond acceptors (Lipinski definition) is 3. The third kappa shape index (κ3) is 3.87. The summed E-state index contributed by atoms with van der Waals surface area (Å²) in [6.45, 7) is 0.662. The van der Waals surface area contributed by atoms with Gasteiger partial charge in [-0.2, -0.15) is 0 Å². The summed E-state index contributed by atoms with van der Waals surface area (Å²) in [7, 11) is 0. The molecule has 1 amide bonds. The van der Waals surface area contributed by atoms with Crippen molar-refractivity contribution < 1.29 is 13.6 Å². The molecule has 2 aromatic carbocycles. The van der Waals surface area contributed by atoms with E-state index in [4.69, 9.17) is 0 Å². The van der Waals surface area contributed by atoms with Crippen molar-refractivity contribution in [1.29, 1.82) is 0 Å². The highest BCUT2D eigenvalue weighted by Gasteiger charge is 2.21. The van der Waals surface area contributed by atoms with E-state index in [-0.39, 0.29) is 16.6 Å². The van der Waals surface area contributed by atoms with Gasteiger partial charge in [0.15, 0.2) is 0 Å². The lowest BCUT2D eigenvalue weighted by Gasteiger charge is -2.22. The fraction of sp³-hybridized carbons (Fsp3) is 0.235. The van der Waals surface area contributed by atoms with Gasteiger partial charge in [-0.1, -0.05) is 12.1 Å². The third-order valence-electron chi connectivity index (χ3n) is 3.49. The van der Waals surface area contributed by atoms with E-state index in [1.165, 1.54) is 12.1 Å². The molecule has 0 aliphatic carbocycles. The topological polar surface area (TPSA) is 20.3 Å². The number of fused-ring (bicyclic) bond motifs is 1. The van der Waals surface area contributed by atoms with Gasteiger partial charge in [0, 0.05) is 22.4 Å². The Morgan fingerprint density at radius 2 is 2.04 bits per heavy atom. The van der Waals surface area contributed by atoms with Crippen LogP contribution in [0.25, 0.3) is 0 Å². The quantitative estimate of drug-likeness (QED) is 0.755. The Kier molecular flexibility index (Phi) is 5.23. The molecular weight excluding hydrogens is 336 g/mol. The lowest BCUT2D eigenvalue weighted by Crippen LogP contribution is -2.33. The van der Waals surface area contributed by atoms with E-state index in [1.54, 1.807) is 16.7 Å². The summed E-state index contributed by atoms with van der Waals surface area (Å²) in [5.74, 6) is -0.206. The van der Waals surface area contributed by atoms with Crippen molar-refractivity contribution in [2.45, 2.75) is 16.2 Å². The van der Waals surface area contributed by atoms with Gasteiger partial charge in [0.2, 0.25) is 5.91 Å². The fourth-order valence-corrected chi connectivity index (χ4v) is 4.19. The summed E-state index contributed by atoms with van der Waals surface area (Å²) in [6.07, 6.45) is 0.917. The molecule has 1 aliphatic heterocycles. The first-order valence-corrected chi connectivity index (χ1v) is 9.22. The van der Waals surface area contributed by atoms with Gasteiger partial charge in [0.05, 0.1) is 11.4 Å². The van der Waals surface area contributed by atoms with Crippen LogP contribution in [0.3, 0.4) is 0 Å². The molecule has 6 heteroatoms. The van der Waals surface area contributed by atoms with Crippen LogP contribution in [0.4, 0.5) is 14.5 Å². The number of carbonyl (C=O) groups is 1. The number of para-hydroxylation sites is 1. The van der Waals surface area contributed by atoms with Crippen molar-refractivity contribution in [3.63, 3.8) is 0 Å². The molecule has 0 N–H and O–H groups in total. The predicted molar refractivity (Wildman–Crippen MR) is 91.2 cm³/mol. The van der Waals surface area contributed by atoms with Crippen molar-refractivity contribution in [3.05, 3.63) is 54.1 Å². The molecule has 120 valence electrons. The average Bonchev–Trinajstić information content (AvgIpc) is 2.76. The van der Waals surface area contributed by atoms with Gasteiger partial charge < -0.3 is 4.90 Å². The Balaban J connectivity index is 1.73. The Labute approximate surface area is 142 Å². The first-order valence-electron chi connectivity index (χ1n) is 7.25. The molecule has 1 aliphatic rings. The van der Waals surface area contributed by atoms with Gasteiger partial charge in [0.25, 0.3) is 0 Å². The van der Waals surface area contributed by atoms with Gasteiger partial charge in [-0.05, 0) is 36.4 Å². The van der Waals surface area contributed by atoms with Crippen LogP contribution in [-0.2, 0) is 4.79 Å². The number of anilines is 1. The third-order valence-corrected chi connectivity index (χ3v) is 5.67. The van der Waals surface area contributed by atoms with E-state index >= 15 is 0 Å². The minimum atomic E-state index is -0.630. The molecule has 23 heavy (non-hydrogen) atoms. The highest BCUT2D eigenvalue weighted by molar-refractivity contribution is 8.00. The zero-order valence-electron chi connectivity index (χ0n) is 12.3. The number of nitrogens with zero attached hydrogens (tertiary/aromatic N) is 1. The molecule has 0 saturated carbocycles. The second kappa shape index (κ2) is 7.36. The SMILES string of the molecule is O=C(CSc1ccc(F)cc1F)N1CCCSc2ccccc21. The molecule has 2 aromatic rings. The average molecular weight is 351 g/mol. The molecule has 1 heterocycles. The minimum absolute atomic E-state index is 0.0614. The monoisotopic (exact) mass is 351 g/mol. The number of halogens is 2. The summed E-state index contributed by atoms with van der Waals surface area (Å²) in [4.78, 5) is 15.7. The van der Waals surface area contributed by atoms with Crippen molar-refractivity contribution in [1.82, 2.24) is 0 Å². The van der Waals surface area contributed by atoms with Crippen molar-refractivity contribution in [2.75, 3.05) is 23.0 Å². The number of amides is 1. The van der Waals surface area contributed by atoms with Gasteiger partial charge in [-0.25, -0.2) is 8.78 Å². The Bertz CT molecular complexity index is 723. The second-order valence-electron chi connectivity index (χ2n) is 5.08. The van der Waals surface area contributed by atoms with Gasteiger partial charge >= 0.3 is 0 Å². The zero-order chi connectivity index (χ0) is 16.2. The van der Waals surface area contributed by atoms with E-state index in [2.05, 4.69) is 0 Å². The molecule has 2 nitrogen and oxygen atoms in total. The van der Waals surface area contributed by atoms with Gasteiger partial charge in [0.1, 0.15) is 11.6 Å². The van der Waals surface area contributed by atoms with Crippen LogP contribution in [0.5, 0.6) is 0 Å². The molecule has 0 bridgehead atoms. The maximum absolute atomic E-state index is 13.7. The van der Waals surface area contributed by atoms with E-state index in [0.717, 1.165) is 40.6 Å². The van der Waals surface area contributed by atoms with E-state index < -0.39 is 11.6 Å². The van der Waals surface area contributed by atoms with Crippen LogP contribution in [0.15, 0.2) is 52.3 Å². The molecule has 0 spiro atoms. The minimum Gasteiger partial charge on any atom is -0.311 e. The highest BCUT2D eigenvalue weighted by Crippen LogP contribution is 2.34. The van der Waals surface area contributed by atoms with E-state index in [9.17, 15) is 13.6 Å². The number of benzene rings is 2. The summed E-state index contributed by atoms with van der Waals surface area (Å²) < 4.78 is 26.6. The maximum atomic E-state index is 13.7. The molecule has 0 saturated heterocycles. The summed E-state index contributed by atoms with van der Waals surface area (Å²) in [6, 6.07) is 11.2. The molecule has 0 unspecified atom stereocenters. The molecule has 3 rings (SSSR count). The summed E-state index contributed by atoms with van der Waals surface area (Å²) in [5.41, 5.74) is 0.917. The lowest BCUT2D eigenvalue weighted by atomic mass is 10.2. The van der Waals surface area contributed by atoms with Crippen LogP contribution in [0.1, 0.15) is 6.42 Å². The van der Waals surface area contributed by atoms with Crippen LogP contribution in [-0.4, -0.2) is 24.0 Å². The standard InChI is InChI=1S/C17H15F2NOS2/c18-12-6-7-15(13(19)10-12)23-11-17(21)20-8-3-9-22-16-5-2-1-4-14(16)20/h1-2,4-7,10H,3,8-9,11H2. The Hall–Kier alpha value is -1.53. The van der Waals surface area contributed by atoms with Crippen molar-refractivity contribution in [3.8, 4) is 0 Å². The summed E-state index contributed by atoms with van der Waals surface area (Å²) >= 11 is 2.85. The second-order valence-corrected chi connectivity index (χ2v) is 7.23. The molecule has 0 aromatic heterocycles. The van der Waals surface area contributed by atoms with Crippen LogP contribution < -0.4 is 4.90 Å². The number of hydrogen-bond donors (Lipinski definition) is 0. The molecule has 0 atom stereocenters. The van der Waals surface area contributed by atoms with Crippen molar-refractivity contribution in [2.24, 2.45) is 0 Å². The number of carbonyl (C=O) groups excluding carboxylic acids is 1. The first-order chi connectivity index (χ1) is 11.1. The zero-order valence-corrected chi connectivity index (χ0v) is 13.9. The van der Waals surface area contributed by atoms with Crippen molar-refractivity contribution >= 4 is 35.1 Å². The molecule has 0 radical (unpaired) electrons. The molecule has 0 fully saturated rings. The Morgan fingerprint density at radius 3 is 2.87 bits per heavy atom. The van der Waals surface area contributed by atoms with Crippen LogP contribution in [0.2, 0.25) is 0 Å². The fourth-order valence-electron chi connectivity index (χ4n) is 2.40. The summed E-state index contributed by atoms with van der Waals surface area (Å²) in [5, 5.41) is 0. The van der Waals surface area contributed by atoms with E-state index in [0.29, 0.717) is 6.54 Å². The Morgan fingerprint density at radius 1 is 1.22 bits per heavy atom. The maximum Gasteiger partial charge on any atom is 0.237 e. The lowest BCUT2D eigenvalue weighted by molar-refractivity contribution is -0.116. The largest absolute Gasteiger partial charge is 0.311 e. The van der Waals surface area contributed by atoms with Crippen LogP contribution >= 0.6 is 23.5 Å². The number of thioether (sulfide) groups is 2. The van der Waals surface area contributed by atoms with Crippen LogP contribution in [0, 0.1) is 11.6 Å². The molecular formula is C17H15F2NOS2. The van der Waals surface area contributed by atoms with Gasteiger partial charge in [-0.3, -0.25) is 4.79 Å². The van der Waals surface area contributed by atoms with Gasteiger partial charge in [-0.15, -0.1) is 23.5 Å². The predicted octanol–water partition coefficient (Wildman–Crippen LogP) is 4.59. The van der Waals surface area contributed by atoms with E-state index in [1.807, 2.05) is 24.3 Å². The smallest absolute Gasteiger partial charge is 0.237 e. The number of rotatable bonds is 3. The first kappa shape index (κ1) is 16.3. The highest BCUT2D eigenvalue weighted by atomic mass is 32.2.